The summed E-state index contributed by atoms with van der Waals surface area (Å²) < 4.78 is 19.6. The number of carbonyl (C=O) groups is 4. The molecule has 2 atom stereocenters. The Morgan fingerprint density at radius 3 is 2.63 bits per heavy atom. The van der Waals surface area contributed by atoms with Crippen molar-refractivity contribution in [3.05, 3.63) is 64.5 Å². The van der Waals surface area contributed by atoms with Crippen LogP contribution in [0.5, 0.6) is 0 Å². The van der Waals surface area contributed by atoms with Crippen LogP contribution in [-0.4, -0.2) is 53.4 Å². The number of hydrogen-bond acceptors (Lipinski definition) is 5. The van der Waals surface area contributed by atoms with E-state index in [-0.39, 0.29) is 30.2 Å². The summed E-state index contributed by atoms with van der Waals surface area (Å²) in [5, 5.41) is 5.19. The average Bonchev–Trinajstić information content (AvgIpc) is 3.66. The number of benzene rings is 2. The maximum atomic E-state index is 13.9. The number of imide groups is 1. The number of nitrogens with one attached hydrogen (secondary N) is 2. The van der Waals surface area contributed by atoms with Crippen LogP contribution in [0.1, 0.15) is 47.9 Å². The summed E-state index contributed by atoms with van der Waals surface area (Å²) in [5.41, 5.74) is 2.27. The van der Waals surface area contributed by atoms with Gasteiger partial charge in [-0.2, -0.15) is 0 Å². The number of nitrogens with zero attached hydrogens (tertiary/aromatic N) is 2. The molecule has 5 amide bonds. The van der Waals surface area contributed by atoms with Gasteiger partial charge in [0.15, 0.2) is 0 Å². The van der Waals surface area contributed by atoms with Gasteiger partial charge in [-0.25, -0.2) is 18.9 Å². The maximum absolute atomic E-state index is 13.9. The first-order valence-electron chi connectivity index (χ1n) is 13.0. The monoisotopic (exact) mass is 520 g/mol. The van der Waals surface area contributed by atoms with Crippen molar-refractivity contribution in [1.82, 2.24) is 15.1 Å². The molecule has 0 aromatic heterocycles. The third kappa shape index (κ3) is 4.08. The molecular weight excluding hydrogens is 491 g/mol. The van der Waals surface area contributed by atoms with Crippen LogP contribution in [0.3, 0.4) is 0 Å². The highest BCUT2D eigenvalue weighted by molar-refractivity contribution is 6.06. The first-order chi connectivity index (χ1) is 18.3. The lowest BCUT2D eigenvalue weighted by atomic mass is 9.94. The number of urea groups is 1. The molecular formula is C28H29FN4O5. The number of anilines is 1. The normalized spacial score (nSPS) is 24.1. The van der Waals surface area contributed by atoms with Crippen molar-refractivity contribution in [1.29, 1.82) is 0 Å². The molecule has 2 heterocycles. The van der Waals surface area contributed by atoms with Crippen molar-refractivity contribution in [3.63, 3.8) is 0 Å². The highest BCUT2D eigenvalue weighted by Crippen LogP contribution is 2.46. The summed E-state index contributed by atoms with van der Waals surface area (Å²) in [6.07, 6.45) is 3.39. The van der Waals surface area contributed by atoms with E-state index in [2.05, 4.69) is 10.6 Å². The molecule has 198 valence electrons. The summed E-state index contributed by atoms with van der Waals surface area (Å²) in [4.78, 5) is 54.6. The standard InChI is InChI=1S/C28H29FN4O5/c1-30-26(36)31-21-7-8-22-18(13-21)10-11-28(22)25(35)33(27(37)38-28)15-24(34)32-14-19-4-6-20(29)12-17(19)5-9-23(32)16-2-3-16/h4,6-8,12-13,16,23H,2-3,5,9-11,14-15H2,1H3,(H2,30,31,36)/t23-,28-/m0/s1. The van der Waals surface area contributed by atoms with Crippen molar-refractivity contribution in [2.45, 2.75) is 56.7 Å². The molecule has 1 saturated carbocycles. The predicted octanol–water partition coefficient (Wildman–Crippen LogP) is 3.45. The third-order valence-corrected chi connectivity index (χ3v) is 8.24. The number of aryl methyl sites for hydroxylation is 2. The number of amides is 5. The van der Waals surface area contributed by atoms with Gasteiger partial charge in [-0.3, -0.25) is 9.59 Å². The van der Waals surface area contributed by atoms with Crippen molar-refractivity contribution in [2.24, 2.45) is 5.92 Å². The number of hydrogen-bond donors (Lipinski definition) is 2. The van der Waals surface area contributed by atoms with Crippen LogP contribution in [0, 0.1) is 11.7 Å². The van der Waals surface area contributed by atoms with Gasteiger partial charge < -0.3 is 20.3 Å². The number of ether oxygens (including phenoxy) is 1. The number of rotatable bonds is 4. The topological polar surface area (TPSA) is 108 Å². The second kappa shape index (κ2) is 9.11. The van der Waals surface area contributed by atoms with Gasteiger partial charge >= 0.3 is 12.1 Å². The second-order valence-electron chi connectivity index (χ2n) is 10.5. The van der Waals surface area contributed by atoms with Gasteiger partial charge in [-0.15, -0.1) is 0 Å². The molecule has 1 saturated heterocycles. The Bertz CT molecular complexity index is 1360. The fraction of sp³-hybridized carbons (Fsp3) is 0.429. The summed E-state index contributed by atoms with van der Waals surface area (Å²) in [6, 6.07) is 9.39. The second-order valence-corrected chi connectivity index (χ2v) is 10.5. The minimum absolute atomic E-state index is 0.0147. The van der Waals surface area contributed by atoms with E-state index in [1.807, 2.05) is 0 Å². The molecule has 2 aliphatic carbocycles. The first-order valence-corrected chi connectivity index (χ1v) is 13.0. The molecule has 1 spiro atoms. The lowest BCUT2D eigenvalue weighted by molar-refractivity contribution is -0.143. The predicted molar refractivity (Wildman–Crippen MR) is 134 cm³/mol. The third-order valence-electron chi connectivity index (χ3n) is 8.24. The van der Waals surface area contributed by atoms with Crippen LogP contribution in [-0.2, 0) is 39.3 Å². The van der Waals surface area contributed by atoms with E-state index < -0.39 is 24.1 Å². The van der Waals surface area contributed by atoms with E-state index in [4.69, 9.17) is 4.74 Å². The Morgan fingerprint density at radius 1 is 1.05 bits per heavy atom. The lowest BCUT2D eigenvalue weighted by Gasteiger charge is -2.31. The van der Waals surface area contributed by atoms with E-state index in [1.54, 1.807) is 29.2 Å². The number of carbonyl (C=O) groups excluding carboxylic acids is 4. The molecule has 2 aromatic carbocycles. The zero-order valence-corrected chi connectivity index (χ0v) is 21.1. The Balaban J connectivity index is 1.23. The zero-order chi connectivity index (χ0) is 26.6. The quantitative estimate of drug-likeness (QED) is 0.642. The van der Waals surface area contributed by atoms with E-state index in [9.17, 15) is 23.6 Å². The Kier molecular flexibility index (Phi) is 5.85. The fourth-order valence-electron chi connectivity index (χ4n) is 6.14. The molecule has 2 aliphatic heterocycles. The Labute approximate surface area is 219 Å². The summed E-state index contributed by atoms with van der Waals surface area (Å²) in [6.45, 7) is -0.0768. The van der Waals surface area contributed by atoms with Crippen molar-refractivity contribution < 1.29 is 28.3 Å². The minimum Gasteiger partial charge on any atom is -0.427 e. The van der Waals surface area contributed by atoms with Gasteiger partial charge in [0, 0.05) is 37.3 Å². The SMILES string of the molecule is CNC(=O)Nc1ccc2c(c1)CC[C@]21OC(=O)N(CC(=O)N2Cc3ccc(F)cc3CC[C@H]2C2CC2)C1=O. The van der Waals surface area contributed by atoms with Crippen molar-refractivity contribution in [2.75, 3.05) is 18.9 Å². The van der Waals surface area contributed by atoms with Crippen LogP contribution in [0.15, 0.2) is 36.4 Å². The summed E-state index contributed by atoms with van der Waals surface area (Å²) in [5.74, 6) is -0.771. The first kappa shape index (κ1) is 24.4. The molecule has 2 fully saturated rings. The average molecular weight is 521 g/mol. The minimum atomic E-state index is -1.46. The molecule has 0 bridgehead atoms. The van der Waals surface area contributed by atoms with Gasteiger partial charge in [-0.05, 0) is 79.0 Å². The van der Waals surface area contributed by atoms with Crippen molar-refractivity contribution in [3.8, 4) is 0 Å². The molecule has 10 heteroatoms. The van der Waals surface area contributed by atoms with Gasteiger partial charge in [0.2, 0.25) is 11.5 Å². The van der Waals surface area contributed by atoms with E-state index in [0.717, 1.165) is 40.9 Å². The van der Waals surface area contributed by atoms with E-state index >= 15 is 0 Å². The number of fused-ring (bicyclic) bond motifs is 3. The van der Waals surface area contributed by atoms with Crippen LogP contribution in [0.2, 0.25) is 0 Å². The molecule has 38 heavy (non-hydrogen) atoms. The van der Waals surface area contributed by atoms with Crippen molar-refractivity contribution >= 4 is 29.6 Å². The zero-order valence-electron chi connectivity index (χ0n) is 21.1. The van der Waals surface area contributed by atoms with E-state index in [1.165, 1.54) is 19.2 Å². The Hall–Kier alpha value is -3.95. The molecule has 2 N–H and O–H groups in total. The fourth-order valence-corrected chi connectivity index (χ4v) is 6.14. The molecule has 6 rings (SSSR count). The number of halogens is 1. The highest BCUT2D eigenvalue weighted by Gasteiger charge is 2.58. The maximum Gasteiger partial charge on any atom is 0.418 e. The Morgan fingerprint density at radius 2 is 1.87 bits per heavy atom. The summed E-state index contributed by atoms with van der Waals surface area (Å²) >= 11 is 0. The van der Waals surface area contributed by atoms with Gasteiger partial charge in [0.1, 0.15) is 12.4 Å². The molecule has 4 aliphatic rings. The molecule has 9 nitrogen and oxygen atoms in total. The largest absolute Gasteiger partial charge is 0.427 e. The summed E-state index contributed by atoms with van der Waals surface area (Å²) in [7, 11) is 1.52. The van der Waals surface area contributed by atoms with Gasteiger partial charge in [0.25, 0.3) is 5.91 Å². The molecule has 0 radical (unpaired) electrons. The lowest BCUT2D eigenvalue weighted by Crippen LogP contribution is -2.48. The molecule has 2 aromatic rings. The van der Waals surface area contributed by atoms with Gasteiger partial charge in [0.05, 0.1) is 0 Å². The van der Waals surface area contributed by atoms with Crippen LogP contribution in [0.4, 0.5) is 19.7 Å². The van der Waals surface area contributed by atoms with Gasteiger partial charge in [-0.1, -0.05) is 12.1 Å². The van der Waals surface area contributed by atoms with Crippen LogP contribution >= 0.6 is 0 Å². The van der Waals surface area contributed by atoms with Crippen LogP contribution in [0.25, 0.3) is 0 Å². The van der Waals surface area contributed by atoms with Crippen LogP contribution < -0.4 is 10.6 Å². The van der Waals surface area contributed by atoms with E-state index in [0.29, 0.717) is 36.6 Å². The highest BCUT2D eigenvalue weighted by atomic mass is 19.1. The smallest absolute Gasteiger partial charge is 0.418 e. The molecule has 0 unspecified atom stereocenters.